The minimum Gasteiger partial charge on any atom is -0.393 e. The van der Waals surface area contributed by atoms with Crippen LogP contribution < -0.4 is 5.73 Å². The summed E-state index contributed by atoms with van der Waals surface area (Å²) in [6.45, 7) is 7.03. The number of rotatable bonds is 1. The molecular formula is C21H37NO2. The van der Waals surface area contributed by atoms with Crippen LogP contribution in [0.2, 0.25) is 0 Å². The summed E-state index contributed by atoms with van der Waals surface area (Å²) in [4.78, 5) is 0. The van der Waals surface area contributed by atoms with E-state index in [4.69, 9.17) is 5.73 Å². The third-order valence-corrected chi connectivity index (χ3v) is 9.27. The summed E-state index contributed by atoms with van der Waals surface area (Å²) in [5, 5.41) is 21.4. The third kappa shape index (κ3) is 2.27. The monoisotopic (exact) mass is 335 g/mol. The van der Waals surface area contributed by atoms with Crippen LogP contribution in [0.4, 0.5) is 0 Å². The van der Waals surface area contributed by atoms with Gasteiger partial charge in [-0.05, 0) is 98.7 Å². The molecule has 0 amide bonds. The van der Waals surface area contributed by atoms with Gasteiger partial charge in [-0.15, -0.1) is 0 Å². The average molecular weight is 336 g/mol. The Bertz CT molecular complexity index is 494. The fourth-order valence-electron chi connectivity index (χ4n) is 8.26. The van der Waals surface area contributed by atoms with Crippen molar-refractivity contribution in [1.29, 1.82) is 0 Å². The van der Waals surface area contributed by atoms with E-state index in [1.54, 1.807) is 0 Å². The van der Waals surface area contributed by atoms with E-state index in [0.717, 1.165) is 31.6 Å². The number of hydrogen-bond donors (Lipinski definition) is 3. The fraction of sp³-hybridized carbons (Fsp3) is 1.00. The highest BCUT2D eigenvalue weighted by atomic mass is 16.3. The number of fused-ring (bicyclic) bond motifs is 5. The SMILES string of the molecule is CC(N)[C@H]1CCC2C3CCC4C[C@@H](O)CC[C@]4(C)C3[C@@H](O)C[C@@]21C. The summed E-state index contributed by atoms with van der Waals surface area (Å²) in [6, 6.07) is 0.237. The predicted molar refractivity (Wildman–Crippen MR) is 96.3 cm³/mol. The molecule has 4 N–H and O–H groups in total. The summed E-state index contributed by atoms with van der Waals surface area (Å²) in [6.07, 6.45) is 8.67. The average Bonchev–Trinajstić information content (AvgIpc) is 2.84. The van der Waals surface area contributed by atoms with Crippen LogP contribution in [0.15, 0.2) is 0 Å². The topological polar surface area (TPSA) is 66.5 Å². The maximum Gasteiger partial charge on any atom is 0.0581 e. The molecule has 0 saturated heterocycles. The van der Waals surface area contributed by atoms with E-state index in [9.17, 15) is 10.2 Å². The van der Waals surface area contributed by atoms with Crippen LogP contribution in [0.3, 0.4) is 0 Å². The van der Waals surface area contributed by atoms with Gasteiger partial charge >= 0.3 is 0 Å². The van der Waals surface area contributed by atoms with Gasteiger partial charge in [0.05, 0.1) is 12.2 Å². The Morgan fingerprint density at radius 2 is 1.75 bits per heavy atom. The summed E-state index contributed by atoms with van der Waals surface area (Å²) < 4.78 is 0. The lowest BCUT2D eigenvalue weighted by Gasteiger charge is -2.62. The largest absolute Gasteiger partial charge is 0.393 e. The van der Waals surface area contributed by atoms with E-state index < -0.39 is 0 Å². The minimum absolute atomic E-state index is 0.112. The molecule has 138 valence electrons. The highest BCUT2D eigenvalue weighted by molar-refractivity contribution is 5.12. The number of aliphatic hydroxyl groups is 2. The Morgan fingerprint density at radius 1 is 1.00 bits per heavy atom. The lowest BCUT2D eigenvalue weighted by atomic mass is 9.43. The zero-order chi connectivity index (χ0) is 17.3. The number of nitrogens with two attached hydrogens (primary N) is 1. The summed E-state index contributed by atoms with van der Waals surface area (Å²) in [5.41, 5.74) is 6.80. The zero-order valence-electron chi connectivity index (χ0n) is 15.7. The molecule has 0 aliphatic heterocycles. The zero-order valence-corrected chi connectivity index (χ0v) is 15.7. The quantitative estimate of drug-likeness (QED) is 0.688. The van der Waals surface area contributed by atoms with Gasteiger partial charge in [-0.1, -0.05) is 13.8 Å². The first-order valence-corrected chi connectivity index (χ1v) is 10.4. The van der Waals surface area contributed by atoms with E-state index in [2.05, 4.69) is 20.8 Å². The smallest absolute Gasteiger partial charge is 0.0581 e. The first kappa shape index (κ1) is 17.3. The van der Waals surface area contributed by atoms with Crippen LogP contribution >= 0.6 is 0 Å². The van der Waals surface area contributed by atoms with Crippen molar-refractivity contribution in [2.45, 2.75) is 90.4 Å². The molecule has 0 bridgehead atoms. The van der Waals surface area contributed by atoms with Crippen molar-refractivity contribution in [1.82, 2.24) is 0 Å². The van der Waals surface area contributed by atoms with Crippen molar-refractivity contribution in [2.24, 2.45) is 46.2 Å². The van der Waals surface area contributed by atoms with Gasteiger partial charge in [-0.2, -0.15) is 0 Å². The molecule has 4 aliphatic rings. The van der Waals surface area contributed by atoms with Crippen molar-refractivity contribution < 1.29 is 10.2 Å². The summed E-state index contributed by atoms with van der Waals surface area (Å²) in [7, 11) is 0. The standard InChI is InChI=1S/C21H37NO2/c1-12(22)16-6-7-17-15-5-4-13-10-14(23)8-9-20(13,2)19(15)18(24)11-21(16,17)3/h12-19,23-24H,4-11,22H2,1-3H3/t12?,13?,14-,15?,16+,17?,18-,19?,20-,21+/m0/s1. The molecule has 3 nitrogen and oxygen atoms in total. The Morgan fingerprint density at radius 3 is 2.46 bits per heavy atom. The molecule has 4 aliphatic carbocycles. The molecule has 4 rings (SSSR count). The van der Waals surface area contributed by atoms with Crippen molar-refractivity contribution in [3.63, 3.8) is 0 Å². The second-order valence-corrected chi connectivity index (χ2v) is 10.3. The van der Waals surface area contributed by atoms with E-state index >= 15 is 0 Å². The fourth-order valence-corrected chi connectivity index (χ4v) is 8.26. The van der Waals surface area contributed by atoms with Crippen molar-refractivity contribution in [2.75, 3.05) is 0 Å². The van der Waals surface area contributed by atoms with Crippen molar-refractivity contribution in [3.05, 3.63) is 0 Å². The second-order valence-electron chi connectivity index (χ2n) is 10.3. The van der Waals surface area contributed by atoms with E-state index in [1.807, 2.05) is 0 Å². The van der Waals surface area contributed by atoms with Crippen molar-refractivity contribution in [3.8, 4) is 0 Å². The van der Waals surface area contributed by atoms with E-state index in [1.165, 1.54) is 25.7 Å². The van der Waals surface area contributed by atoms with Gasteiger partial charge in [0, 0.05) is 6.04 Å². The first-order valence-electron chi connectivity index (χ1n) is 10.4. The van der Waals surface area contributed by atoms with Gasteiger partial charge in [0.1, 0.15) is 0 Å². The molecule has 24 heavy (non-hydrogen) atoms. The Hall–Kier alpha value is -0.120. The van der Waals surface area contributed by atoms with Gasteiger partial charge < -0.3 is 15.9 Å². The van der Waals surface area contributed by atoms with Gasteiger partial charge in [0.2, 0.25) is 0 Å². The van der Waals surface area contributed by atoms with Gasteiger partial charge in [-0.25, -0.2) is 0 Å². The lowest BCUT2D eigenvalue weighted by Crippen LogP contribution is -2.59. The molecular weight excluding hydrogens is 298 g/mol. The number of hydrogen-bond acceptors (Lipinski definition) is 3. The Kier molecular flexibility index (Phi) is 4.10. The maximum atomic E-state index is 11.3. The molecule has 4 fully saturated rings. The normalized spacial score (nSPS) is 58.5. The first-order chi connectivity index (χ1) is 11.3. The molecule has 0 aromatic heterocycles. The van der Waals surface area contributed by atoms with E-state index in [-0.39, 0.29) is 29.1 Å². The van der Waals surface area contributed by atoms with Crippen LogP contribution in [0.5, 0.6) is 0 Å². The second kappa shape index (κ2) is 5.69. The molecule has 5 unspecified atom stereocenters. The van der Waals surface area contributed by atoms with Gasteiger partial charge in [-0.3, -0.25) is 0 Å². The maximum absolute atomic E-state index is 11.3. The molecule has 0 spiro atoms. The van der Waals surface area contributed by atoms with Crippen LogP contribution in [0.25, 0.3) is 0 Å². The molecule has 4 saturated carbocycles. The van der Waals surface area contributed by atoms with Crippen LogP contribution in [-0.2, 0) is 0 Å². The number of aliphatic hydroxyl groups excluding tert-OH is 2. The summed E-state index contributed by atoms with van der Waals surface area (Å²) in [5.74, 6) is 3.02. The molecule has 10 atom stereocenters. The highest BCUT2D eigenvalue weighted by Crippen LogP contribution is 2.67. The van der Waals surface area contributed by atoms with Crippen molar-refractivity contribution >= 4 is 0 Å². The molecule has 0 aromatic carbocycles. The highest BCUT2D eigenvalue weighted by Gasteiger charge is 2.63. The Balaban J connectivity index is 1.66. The molecule has 3 heteroatoms. The summed E-state index contributed by atoms with van der Waals surface area (Å²) >= 11 is 0. The molecule has 0 radical (unpaired) electrons. The lowest BCUT2D eigenvalue weighted by molar-refractivity contribution is -0.178. The van der Waals surface area contributed by atoms with Crippen LogP contribution in [0.1, 0.15) is 72.1 Å². The molecule has 0 aromatic rings. The van der Waals surface area contributed by atoms with Crippen LogP contribution in [-0.4, -0.2) is 28.5 Å². The van der Waals surface area contributed by atoms with Gasteiger partial charge in [0.25, 0.3) is 0 Å². The van der Waals surface area contributed by atoms with Gasteiger partial charge in [0.15, 0.2) is 0 Å². The minimum atomic E-state index is -0.182. The molecule has 0 heterocycles. The predicted octanol–water partition coefficient (Wildman–Crippen LogP) is 3.32. The van der Waals surface area contributed by atoms with Crippen LogP contribution in [0, 0.1) is 40.4 Å². The Labute approximate surface area is 147 Å². The van der Waals surface area contributed by atoms with E-state index in [0.29, 0.717) is 23.7 Å². The third-order valence-electron chi connectivity index (χ3n) is 9.27.